The number of ether oxygens (including phenoxy) is 2. The van der Waals surface area contributed by atoms with Gasteiger partial charge in [-0.15, -0.1) is 0 Å². The number of ketones is 1. The molecule has 7 heteroatoms. The van der Waals surface area contributed by atoms with E-state index in [2.05, 4.69) is 4.74 Å². The van der Waals surface area contributed by atoms with Crippen LogP contribution in [0.5, 0.6) is 5.75 Å². The van der Waals surface area contributed by atoms with E-state index >= 15 is 0 Å². The Labute approximate surface area is 184 Å². The molecule has 0 atom stereocenters. The van der Waals surface area contributed by atoms with Gasteiger partial charge in [-0.05, 0) is 62.7 Å². The fourth-order valence-corrected chi connectivity index (χ4v) is 3.32. The Morgan fingerprint density at radius 2 is 1.66 bits per heavy atom. The lowest BCUT2D eigenvalue weighted by molar-refractivity contribution is -0.136. The van der Waals surface area contributed by atoms with Gasteiger partial charge in [0, 0.05) is 28.7 Å². The molecule has 3 aromatic rings. The van der Waals surface area contributed by atoms with E-state index in [1.165, 1.54) is 18.2 Å². The molecule has 0 saturated heterocycles. The van der Waals surface area contributed by atoms with Gasteiger partial charge >= 0.3 is 12.6 Å². The minimum atomic E-state index is -2.89. The zero-order valence-corrected chi connectivity index (χ0v) is 18.0. The van der Waals surface area contributed by atoms with Crippen molar-refractivity contribution in [1.29, 1.82) is 0 Å². The van der Waals surface area contributed by atoms with E-state index < -0.39 is 12.6 Å². The first-order valence-corrected chi connectivity index (χ1v) is 9.93. The van der Waals surface area contributed by atoms with Crippen LogP contribution in [-0.2, 0) is 9.53 Å². The summed E-state index contributed by atoms with van der Waals surface area (Å²) in [4.78, 5) is 24.6. The Kier molecular flexibility index (Phi) is 7.20. The minimum Gasteiger partial charge on any atom is -0.454 e. The molecule has 0 bridgehead atoms. The Balaban J connectivity index is 1.66. The van der Waals surface area contributed by atoms with Gasteiger partial charge in [0.05, 0.1) is 0 Å². The molecule has 0 aliphatic heterocycles. The van der Waals surface area contributed by atoms with Crippen molar-refractivity contribution in [3.63, 3.8) is 0 Å². The van der Waals surface area contributed by atoms with E-state index in [-0.39, 0.29) is 18.1 Å². The molecule has 0 unspecified atom stereocenters. The summed E-state index contributed by atoms with van der Waals surface area (Å²) in [6.07, 6.45) is 2.91. The number of esters is 1. The van der Waals surface area contributed by atoms with Gasteiger partial charge in [0.1, 0.15) is 5.75 Å². The molecule has 3 rings (SSSR count). The van der Waals surface area contributed by atoms with Gasteiger partial charge in [0.15, 0.2) is 6.61 Å². The molecule has 166 valence electrons. The molecule has 0 saturated carbocycles. The van der Waals surface area contributed by atoms with Crippen molar-refractivity contribution in [2.75, 3.05) is 6.61 Å². The highest BCUT2D eigenvalue weighted by molar-refractivity contribution is 6.00. The van der Waals surface area contributed by atoms with E-state index in [0.29, 0.717) is 16.9 Å². The molecule has 0 aliphatic rings. The predicted molar refractivity (Wildman–Crippen MR) is 117 cm³/mol. The third-order valence-electron chi connectivity index (χ3n) is 4.89. The number of aryl methyl sites for hydroxylation is 2. The van der Waals surface area contributed by atoms with Gasteiger partial charge in [-0.1, -0.05) is 29.8 Å². The standard InChI is InChI=1S/C25H23F2NO4/c1-16-4-6-19(7-5-16)8-13-24(30)31-15-23(29)22-14-17(2)28(18(22)3)20-9-11-21(12-10-20)32-25(26)27/h4-14,25H,15H2,1-3H3. The molecule has 0 amide bonds. The van der Waals surface area contributed by atoms with Crippen LogP contribution in [0.15, 0.2) is 60.7 Å². The number of nitrogens with zero attached hydrogens (tertiary/aromatic N) is 1. The van der Waals surface area contributed by atoms with Gasteiger partial charge in [0.25, 0.3) is 0 Å². The Morgan fingerprint density at radius 3 is 2.28 bits per heavy atom. The molecule has 1 aromatic heterocycles. The molecule has 0 fully saturated rings. The van der Waals surface area contributed by atoms with Crippen LogP contribution in [0.2, 0.25) is 0 Å². The quantitative estimate of drug-likeness (QED) is 0.266. The summed E-state index contributed by atoms with van der Waals surface area (Å²) in [6.45, 7) is 2.28. The van der Waals surface area contributed by atoms with Crippen molar-refractivity contribution in [3.8, 4) is 11.4 Å². The zero-order chi connectivity index (χ0) is 23.3. The van der Waals surface area contributed by atoms with Crippen LogP contribution in [-0.4, -0.2) is 29.5 Å². The van der Waals surface area contributed by atoms with Gasteiger partial charge in [-0.25, -0.2) is 4.79 Å². The first kappa shape index (κ1) is 22.9. The van der Waals surface area contributed by atoms with Crippen molar-refractivity contribution < 1.29 is 27.8 Å². The van der Waals surface area contributed by atoms with Crippen LogP contribution < -0.4 is 4.74 Å². The van der Waals surface area contributed by atoms with Crippen LogP contribution in [0.3, 0.4) is 0 Å². The van der Waals surface area contributed by atoms with Crippen molar-refractivity contribution in [3.05, 3.63) is 88.8 Å². The molecule has 1 heterocycles. The summed E-state index contributed by atoms with van der Waals surface area (Å²) in [6, 6.07) is 15.5. The highest BCUT2D eigenvalue weighted by atomic mass is 19.3. The second kappa shape index (κ2) is 10.0. The first-order valence-electron chi connectivity index (χ1n) is 9.93. The van der Waals surface area contributed by atoms with E-state index in [1.54, 1.807) is 31.2 Å². The highest BCUT2D eigenvalue weighted by Gasteiger charge is 2.18. The van der Waals surface area contributed by atoms with Crippen LogP contribution in [0.1, 0.15) is 32.9 Å². The van der Waals surface area contributed by atoms with E-state index in [4.69, 9.17) is 4.74 Å². The van der Waals surface area contributed by atoms with Gasteiger partial charge in [-0.2, -0.15) is 8.78 Å². The first-order chi connectivity index (χ1) is 15.2. The largest absolute Gasteiger partial charge is 0.454 e. The maximum atomic E-state index is 12.6. The normalized spacial score (nSPS) is 11.2. The Morgan fingerprint density at radius 1 is 1.00 bits per heavy atom. The number of alkyl halides is 2. The molecule has 0 spiro atoms. The number of hydrogen-bond donors (Lipinski definition) is 0. The molecule has 2 aromatic carbocycles. The number of Topliss-reactive ketones (excluding diaryl/α,β-unsaturated/α-hetero) is 1. The van der Waals surface area contributed by atoms with Crippen LogP contribution in [0.4, 0.5) is 8.78 Å². The second-order valence-corrected chi connectivity index (χ2v) is 7.27. The summed E-state index contributed by atoms with van der Waals surface area (Å²) in [7, 11) is 0. The molecule has 32 heavy (non-hydrogen) atoms. The minimum absolute atomic E-state index is 0.0492. The second-order valence-electron chi connectivity index (χ2n) is 7.27. The molecule has 5 nitrogen and oxygen atoms in total. The third kappa shape index (κ3) is 5.69. The Hall–Kier alpha value is -3.74. The SMILES string of the molecule is Cc1ccc(C=CC(=O)OCC(=O)c2cc(C)n(-c3ccc(OC(F)F)cc3)c2C)cc1. The molecule has 0 radical (unpaired) electrons. The van der Waals surface area contributed by atoms with E-state index in [9.17, 15) is 18.4 Å². The van der Waals surface area contributed by atoms with Crippen molar-refractivity contribution in [2.45, 2.75) is 27.4 Å². The Bertz CT molecular complexity index is 1130. The maximum Gasteiger partial charge on any atom is 0.387 e. The lowest BCUT2D eigenvalue weighted by Crippen LogP contribution is -2.13. The van der Waals surface area contributed by atoms with Crippen molar-refractivity contribution in [1.82, 2.24) is 4.57 Å². The molecule has 0 aliphatic carbocycles. The summed E-state index contributed by atoms with van der Waals surface area (Å²) in [5.41, 5.74) is 4.52. The number of rotatable bonds is 8. The maximum absolute atomic E-state index is 12.6. The zero-order valence-electron chi connectivity index (χ0n) is 18.0. The van der Waals surface area contributed by atoms with Crippen molar-refractivity contribution in [2.24, 2.45) is 0 Å². The lowest BCUT2D eigenvalue weighted by Gasteiger charge is -2.11. The fraction of sp³-hybridized carbons (Fsp3) is 0.200. The van der Waals surface area contributed by atoms with Gasteiger partial charge in [-0.3, -0.25) is 4.79 Å². The predicted octanol–water partition coefficient (Wildman–Crippen LogP) is 5.44. The van der Waals surface area contributed by atoms with E-state index in [1.807, 2.05) is 42.7 Å². The van der Waals surface area contributed by atoms with Crippen LogP contribution >= 0.6 is 0 Å². The number of hydrogen-bond acceptors (Lipinski definition) is 4. The van der Waals surface area contributed by atoms with Crippen LogP contribution in [0.25, 0.3) is 11.8 Å². The summed E-state index contributed by atoms with van der Waals surface area (Å²) in [5.74, 6) is -0.894. The average Bonchev–Trinajstić information content (AvgIpc) is 3.06. The highest BCUT2D eigenvalue weighted by Crippen LogP contribution is 2.24. The smallest absolute Gasteiger partial charge is 0.387 e. The number of halogens is 2. The monoisotopic (exact) mass is 439 g/mol. The van der Waals surface area contributed by atoms with E-state index in [0.717, 1.165) is 16.8 Å². The van der Waals surface area contributed by atoms with Gasteiger partial charge < -0.3 is 14.0 Å². The molecular formula is C25H23F2NO4. The molecule has 0 N–H and O–H groups in total. The lowest BCUT2D eigenvalue weighted by atomic mass is 10.1. The molecular weight excluding hydrogens is 416 g/mol. The average molecular weight is 439 g/mol. The fourth-order valence-electron chi connectivity index (χ4n) is 3.32. The summed E-state index contributed by atoms with van der Waals surface area (Å²) in [5, 5.41) is 0. The number of benzene rings is 2. The van der Waals surface area contributed by atoms with Crippen LogP contribution in [0, 0.1) is 20.8 Å². The third-order valence-corrected chi connectivity index (χ3v) is 4.89. The number of carbonyl (C=O) groups is 2. The number of aromatic nitrogens is 1. The summed E-state index contributed by atoms with van der Waals surface area (Å²) < 4.78 is 36.0. The topological polar surface area (TPSA) is 57.5 Å². The number of carbonyl (C=O) groups excluding carboxylic acids is 2. The van der Waals surface area contributed by atoms with Gasteiger partial charge in [0.2, 0.25) is 5.78 Å². The summed E-state index contributed by atoms with van der Waals surface area (Å²) >= 11 is 0. The van der Waals surface area contributed by atoms with Crippen molar-refractivity contribution >= 4 is 17.8 Å².